The van der Waals surface area contributed by atoms with Crippen molar-refractivity contribution in [3.63, 3.8) is 0 Å². The molecule has 0 amide bonds. The Balaban J connectivity index is 2.16. The lowest BCUT2D eigenvalue weighted by molar-refractivity contribution is -0.0327. The number of halogens is 3. The first-order valence-corrected chi connectivity index (χ1v) is 6.19. The van der Waals surface area contributed by atoms with Crippen molar-refractivity contribution in [2.24, 2.45) is 0 Å². The monoisotopic (exact) mass is 256 g/mol. The van der Waals surface area contributed by atoms with Crippen LogP contribution < -0.4 is 5.32 Å². The van der Waals surface area contributed by atoms with Gasteiger partial charge in [-0.15, -0.1) is 11.3 Å². The summed E-state index contributed by atoms with van der Waals surface area (Å²) in [6.07, 6.45) is 1.68. The molecular weight excluding hydrogens is 245 g/mol. The van der Waals surface area contributed by atoms with E-state index in [1.807, 2.05) is 12.3 Å². The Kier molecular flexibility index (Phi) is 4.88. The minimum atomic E-state index is -4.13. The lowest BCUT2D eigenvalue weighted by Crippen LogP contribution is -2.22. The van der Waals surface area contributed by atoms with Gasteiger partial charge in [-0.05, 0) is 18.7 Å². The second-order valence-corrected chi connectivity index (χ2v) is 4.93. The van der Waals surface area contributed by atoms with Crippen LogP contribution in [0.4, 0.5) is 13.2 Å². The van der Waals surface area contributed by atoms with Crippen LogP contribution in [0.3, 0.4) is 0 Å². The van der Waals surface area contributed by atoms with E-state index in [1.165, 1.54) is 11.3 Å². The zero-order valence-electron chi connectivity index (χ0n) is 8.04. The molecule has 0 aliphatic carbocycles. The summed E-state index contributed by atoms with van der Waals surface area (Å²) >= 11 is 1.49. The van der Waals surface area contributed by atoms with Crippen LogP contribution >= 0.6 is 23.1 Å². The molecule has 86 valence electrons. The van der Waals surface area contributed by atoms with Crippen molar-refractivity contribution in [3.8, 4) is 0 Å². The Morgan fingerprint density at radius 1 is 1.60 bits per heavy atom. The normalized spacial score (nSPS) is 14.1. The van der Waals surface area contributed by atoms with E-state index in [2.05, 4.69) is 10.3 Å². The number of nitrogens with one attached hydrogen (secondary N) is 1. The first kappa shape index (κ1) is 12.8. The maximum absolute atomic E-state index is 11.8. The van der Waals surface area contributed by atoms with Crippen molar-refractivity contribution < 1.29 is 13.2 Å². The molecule has 0 aliphatic rings. The highest BCUT2D eigenvalue weighted by atomic mass is 32.2. The topological polar surface area (TPSA) is 24.9 Å². The fraction of sp³-hybridized carbons (Fsp3) is 0.625. The lowest BCUT2D eigenvalue weighted by atomic mass is 10.3. The first-order chi connectivity index (χ1) is 6.99. The molecular formula is C8H11F3N2S2. The summed E-state index contributed by atoms with van der Waals surface area (Å²) in [7, 11) is 0. The largest absolute Gasteiger partial charge is 0.441 e. The van der Waals surface area contributed by atoms with Crippen molar-refractivity contribution in [1.82, 2.24) is 10.3 Å². The quantitative estimate of drug-likeness (QED) is 0.820. The predicted molar refractivity (Wildman–Crippen MR) is 57.0 cm³/mol. The highest BCUT2D eigenvalue weighted by molar-refractivity contribution is 8.00. The first-order valence-electron chi connectivity index (χ1n) is 4.32. The van der Waals surface area contributed by atoms with Gasteiger partial charge in [-0.3, -0.25) is 0 Å². The minimum Gasteiger partial charge on any atom is -0.307 e. The molecule has 1 unspecified atom stereocenters. The third-order valence-electron chi connectivity index (χ3n) is 1.64. The van der Waals surface area contributed by atoms with Crippen LogP contribution in [-0.4, -0.2) is 22.8 Å². The Bertz CT molecular complexity index is 274. The fourth-order valence-electron chi connectivity index (χ4n) is 0.978. The molecule has 15 heavy (non-hydrogen) atoms. The highest BCUT2D eigenvalue weighted by Crippen LogP contribution is 2.29. The maximum atomic E-state index is 11.8. The van der Waals surface area contributed by atoms with Gasteiger partial charge in [0, 0.05) is 23.9 Å². The third kappa shape index (κ3) is 5.39. The van der Waals surface area contributed by atoms with E-state index in [1.54, 1.807) is 6.20 Å². The average molecular weight is 256 g/mol. The Labute approximate surface area is 94.3 Å². The van der Waals surface area contributed by atoms with Crippen molar-refractivity contribution in [2.45, 2.75) is 18.5 Å². The van der Waals surface area contributed by atoms with E-state index in [0.29, 0.717) is 6.54 Å². The van der Waals surface area contributed by atoms with E-state index in [4.69, 9.17) is 0 Å². The standard InChI is InChI=1S/C8H11F3N2S2/c1-6(7-13-2-4-14-7)12-3-5-15-8(9,10)11/h2,4,6,12H,3,5H2,1H3. The summed E-state index contributed by atoms with van der Waals surface area (Å²) in [5.41, 5.74) is -4.13. The van der Waals surface area contributed by atoms with Crippen LogP contribution in [0.25, 0.3) is 0 Å². The van der Waals surface area contributed by atoms with Gasteiger partial charge >= 0.3 is 5.51 Å². The van der Waals surface area contributed by atoms with Crippen molar-refractivity contribution >= 4 is 23.1 Å². The van der Waals surface area contributed by atoms with E-state index in [0.717, 1.165) is 5.01 Å². The third-order valence-corrected chi connectivity index (χ3v) is 3.33. The van der Waals surface area contributed by atoms with Gasteiger partial charge in [0.25, 0.3) is 0 Å². The number of aromatic nitrogens is 1. The van der Waals surface area contributed by atoms with Crippen molar-refractivity contribution in [1.29, 1.82) is 0 Å². The number of thiazole rings is 1. The summed E-state index contributed by atoms with van der Waals surface area (Å²) < 4.78 is 35.3. The second kappa shape index (κ2) is 5.72. The van der Waals surface area contributed by atoms with Gasteiger partial charge in [-0.1, -0.05) is 0 Å². The van der Waals surface area contributed by atoms with Crippen LogP contribution in [0.1, 0.15) is 18.0 Å². The molecule has 0 spiro atoms. The van der Waals surface area contributed by atoms with E-state index in [-0.39, 0.29) is 23.6 Å². The SMILES string of the molecule is CC(NCCSC(F)(F)F)c1nccs1. The summed E-state index contributed by atoms with van der Waals surface area (Å²) in [6, 6.07) is 0.0128. The summed E-state index contributed by atoms with van der Waals surface area (Å²) in [4.78, 5) is 4.07. The molecule has 0 saturated carbocycles. The number of hydrogen-bond acceptors (Lipinski definition) is 4. The predicted octanol–water partition coefficient (Wildman–Crippen LogP) is 3.05. The van der Waals surface area contributed by atoms with Gasteiger partial charge in [-0.2, -0.15) is 13.2 Å². The van der Waals surface area contributed by atoms with Crippen LogP contribution in [0.5, 0.6) is 0 Å². The van der Waals surface area contributed by atoms with E-state index >= 15 is 0 Å². The molecule has 2 nitrogen and oxygen atoms in total. The molecule has 0 saturated heterocycles. The highest BCUT2D eigenvalue weighted by Gasteiger charge is 2.27. The van der Waals surface area contributed by atoms with Gasteiger partial charge in [0.05, 0.1) is 6.04 Å². The molecule has 1 atom stereocenters. The van der Waals surface area contributed by atoms with Crippen LogP contribution in [0.2, 0.25) is 0 Å². The molecule has 0 fully saturated rings. The van der Waals surface area contributed by atoms with Crippen molar-refractivity contribution in [3.05, 3.63) is 16.6 Å². The fourth-order valence-corrected chi connectivity index (χ4v) is 2.10. The van der Waals surface area contributed by atoms with Crippen LogP contribution in [-0.2, 0) is 0 Å². The smallest absolute Gasteiger partial charge is 0.307 e. The number of alkyl halides is 3. The Hall–Kier alpha value is -0.270. The van der Waals surface area contributed by atoms with Gasteiger partial charge in [-0.25, -0.2) is 4.98 Å². The average Bonchev–Trinajstić information content (AvgIpc) is 2.63. The summed E-state index contributed by atoms with van der Waals surface area (Å²) in [6.45, 7) is 2.21. The number of hydrogen-bond donors (Lipinski definition) is 1. The molecule has 0 radical (unpaired) electrons. The number of rotatable bonds is 5. The van der Waals surface area contributed by atoms with Crippen LogP contribution in [0, 0.1) is 0 Å². The molecule has 7 heteroatoms. The summed E-state index contributed by atoms with van der Waals surface area (Å²) in [5, 5.41) is 5.73. The molecule has 1 rings (SSSR count). The minimum absolute atomic E-state index is 0.00670. The molecule has 1 N–H and O–H groups in total. The van der Waals surface area contributed by atoms with Gasteiger partial charge in [0.15, 0.2) is 0 Å². The maximum Gasteiger partial charge on any atom is 0.441 e. The molecule has 1 aromatic heterocycles. The summed E-state index contributed by atoms with van der Waals surface area (Å²) in [5.74, 6) is 0.0270. The van der Waals surface area contributed by atoms with Crippen LogP contribution in [0.15, 0.2) is 11.6 Å². The van der Waals surface area contributed by atoms with E-state index in [9.17, 15) is 13.2 Å². The molecule has 1 heterocycles. The number of nitrogens with zero attached hydrogens (tertiary/aromatic N) is 1. The second-order valence-electron chi connectivity index (χ2n) is 2.84. The Morgan fingerprint density at radius 2 is 2.33 bits per heavy atom. The zero-order chi connectivity index (χ0) is 11.3. The molecule has 0 aliphatic heterocycles. The molecule has 1 aromatic rings. The van der Waals surface area contributed by atoms with Gasteiger partial charge in [0.2, 0.25) is 0 Å². The number of thioether (sulfide) groups is 1. The van der Waals surface area contributed by atoms with Gasteiger partial charge in [0.1, 0.15) is 5.01 Å². The lowest BCUT2D eigenvalue weighted by Gasteiger charge is -2.11. The molecule has 0 aromatic carbocycles. The van der Waals surface area contributed by atoms with E-state index < -0.39 is 5.51 Å². The van der Waals surface area contributed by atoms with Gasteiger partial charge < -0.3 is 5.32 Å². The van der Waals surface area contributed by atoms with Crippen molar-refractivity contribution in [2.75, 3.05) is 12.3 Å². The molecule has 0 bridgehead atoms. The zero-order valence-corrected chi connectivity index (χ0v) is 9.68. The Morgan fingerprint density at radius 3 is 2.87 bits per heavy atom.